The molecule has 0 aliphatic heterocycles. The van der Waals surface area contributed by atoms with Crippen LogP contribution in [-0.2, 0) is 16.6 Å². The van der Waals surface area contributed by atoms with Crippen molar-refractivity contribution >= 4 is 27.5 Å². The van der Waals surface area contributed by atoms with Crippen LogP contribution in [0, 0.1) is 0 Å². The van der Waals surface area contributed by atoms with Crippen molar-refractivity contribution in [3.63, 3.8) is 0 Å². The molecule has 0 spiro atoms. The van der Waals surface area contributed by atoms with Crippen LogP contribution in [0.25, 0.3) is 0 Å². The lowest BCUT2D eigenvalue weighted by Gasteiger charge is -2.11. The van der Waals surface area contributed by atoms with E-state index in [0.29, 0.717) is 17.1 Å². The number of carbonyl (C=O) groups excluding carboxylic acids is 1. The van der Waals surface area contributed by atoms with Gasteiger partial charge in [0.25, 0.3) is 5.91 Å². The molecule has 0 saturated heterocycles. The van der Waals surface area contributed by atoms with Gasteiger partial charge in [0.1, 0.15) is 0 Å². The van der Waals surface area contributed by atoms with Crippen LogP contribution < -0.4 is 5.32 Å². The smallest absolute Gasteiger partial charge is 0.251 e. The minimum absolute atomic E-state index is 0.150. The number of rotatable bonds is 5. The van der Waals surface area contributed by atoms with Gasteiger partial charge >= 0.3 is 0 Å². The molecule has 0 fully saturated rings. The van der Waals surface area contributed by atoms with Crippen LogP contribution in [0.15, 0.2) is 53.4 Å². The van der Waals surface area contributed by atoms with Gasteiger partial charge in [-0.15, -0.1) is 0 Å². The van der Waals surface area contributed by atoms with Crippen molar-refractivity contribution in [2.24, 2.45) is 0 Å². The van der Waals surface area contributed by atoms with E-state index in [1.165, 1.54) is 38.4 Å². The van der Waals surface area contributed by atoms with Gasteiger partial charge < -0.3 is 5.32 Å². The highest BCUT2D eigenvalue weighted by Crippen LogP contribution is 2.14. The van der Waals surface area contributed by atoms with Gasteiger partial charge in [-0.3, -0.25) is 4.79 Å². The number of carbonyl (C=O) groups is 1. The minimum atomic E-state index is -3.49. The lowest BCUT2D eigenvalue weighted by Crippen LogP contribution is -2.24. The Morgan fingerprint density at radius 1 is 1.04 bits per heavy atom. The Bertz CT molecular complexity index is 785. The third kappa shape index (κ3) is 4.31. The molecule has 0 radical (unpaired) electrons. The first-order valence-electron chi connectivity index (χ1n) is 6.86. The van der Waals surface area contributed by atoms with Gasteiger partial charge in [0, 0.05) is 31.2 Å². The highest BCUT2D eigenvalue weighted by atomic mass is 35.5. The fraction of sp³-hybridized carbons (Fsp3) is 0.188. The van der Waals surface area contributed by atoms with Crippen LogP contribution in [0.2, 0.25) is 5.02 Å². The van der Waals surface area contributed by atoms with Crippen molar-refractivity contribution in [3.05, 3.63) is 64.7 Å². The Morgan fingerprint density at radius 2 is 1.61 bits per heavy atom. The molecule has 1 amide bonds. The van der Waals surface area contributed by atoms with Gasteiger partial charge in [-0.1, -0.05) is 23.7 Å². The number of sulfonamides is 1. The third-order valence-corrected chi connectivity index (χ3v) is 5.34. The van der Waals surface area contributed by atoms with Crippen LogP contribution in [0.1, 0.15) is 15.9 Å². The number of hydrogen-bond acceptors (Lipinski definition) is 3. The summed E-state index contributed by atoms with van der Waals surface area (Å²) in [6.45, 7) is 0.369. The molecule has 2 rings (SSSR count). The van der Waals surface area contributed by atoms with E-state index < -0.39 is 10.0 Å². The van der Waals surface area contributed by atoms with E-state index in [1.54, 1.807) is 12.1 Å². The first-order valence-corrected chi connectivity index (χ1v) is 8.68. The maximum atomic E-state index is 12.1. The van der Waals surface area contributed by atoms with Crippen LogP contribution in [-0.4, -0.2) is 32.7 Å². The third-order valence-electron chi connectivity index (χ3n) is 3.26. The second kappa shape index (κ2) is 7.12. The molecule has 2 aromatic rings. The molecular formula is C16H17ClN2O3S. The maximum absolute atomic E-state index is 12.1. The summed E-state index contributed by atoms with van der Waals surface area (Å²) in [6.07, 6.45) is 0. The van der Waals surface area contributed by atoms with Gasteiger partial charge in [0.2, 0.25) is 10.0 Å². The van der Waals surface area contributed by atoms with Gasteiger partial charge in [0.15, 0.2) is 0 Å². The molecule has 7 heteroatoms. The Balaban J connectivity index is 2.04. The Hall–Kier alpha value is -1.89. The summed E-state index contributed by atoms with van der Waals surface area (Å²) >= 11 is 5.80. The van der Waals surface area contributed by atoms with Crippen LogP contribution in [0.5, 0.6) is 0 Å². The number of halogens is 1. The monoisotopic (exact) mass is 352 g/mol. The average Bonchev–Trinajstić information content (AvgIpc) is 2.54. The zero-order chi connectivity index (χ0) is 17.0. The standard InChI is InChI=1S/C16H17ClN2O3S/c1-19(2)23(21,22)15-9-5-13(6-10-15)16(20)18-11-12-3-7-14(17)8-4-12/h3-10H,11H2,1-2H3,(H,18,20). The Morgan fingerprint density at radius 3 is 2.13 bits per heavy atom. The second-order valence-electron chi connectivity index (χ2n) is 5.12. The summed E-state index contributed by atoms with van der Waals surface area (Å²) in [7, 11) is -0.569. The molecule has 0 aromatic heterocycles. The highest BCUT2D eigenvalue weighted by molar-refractivity contribution is 7.89. The number of benzene rings is 2. The molecule has 5 nitrogen and oxygen atoms in total. The van der Waals surface area contributed by atoms with Gasteiger partial charge in [-0.2, -0.15) is 0 Å². The van der Waals surface area contributed by atoms with Gasteiger partial charge in [0.05, 0.1) is 4.90 Å². The molecule has 2 aromatic carbocycles. The minimum Gasteiger partial charge on any atom is -0.348 e. The predicted molar refractivity (Wildman–Crippen MR) is 89.9 cm³/mol. The van der Waals surface area contributed by atoms with Crippen molar-refractivity contribution in [1.29, 1.82) is 0 Å². The van der Waals surface area contributed by atoms with E-state index in [1.807, 2.05) is 12.1 Å². The van der Waals surface area contributed by atoms with Gasteiger partial charge in [-0.25, -0.2) is 12.7 Å². The van der Waals surface area contributed by atoms with E-state index in [0.717, 1.165) is 9.87 Å². The molecule has 0 aliphatic rings. The lowest BCUT2D eigenvalue weighted by molar-refractivity contribution is 0.0951. The van der Waals surface area contributed by atoms with Crippen LogP contribution in [0.4, 0.5) is 0 Å². The summed E-state index contributed by atoms with van der Waals surface area (Å²) in [4.78, 5) is 12.2. The van der Waals surface area contributed by atoms with Crippen molar-refractivity contribution < 1.29 is 13.2 Å². The molecule has 0 atom stereocenters. The quantitative estimate of drug-likeness (QED) is 0.899. The summed E-state index contributed by atoms with van der Waals surface area (Å²) < 4.78 is 25.1. The number of amides is 1. The zero-order valence-electron chi connectivity index (χ0n) is 12.8. The van der Waals surface area contributed by atoms with Crippen LogP contribution in [0.3, 0.4) is 0 Å². The average molecular weight is 353 g/mol. The number of hydrogen-bond donors (Lipinski definition) is 1. The molecule has 122 valence electrons. The first kappa shape index (κ1) is 17.5. The van der Waals surface area contributed by atoms with Crippen molar-refractivity contribution in [3.8, 4) is 0 Å². The maximum Gasteiger partial charge on any atom is 0.251 e. The first-order chi connectivity index (χ1) is 10.8. The van der Waals surface area contributed by atoms with E-state index >= 15 is 0 Å². The Labute approximate surface area is 140 Å². The summed E-state index contributed by atoms with van der Waals surface area (Å²) in [5, 5.41) is 3.41. The van der Waals surface area contributed by atoms with E-state index in [2.05, 4.69) is 5.32 Å². The molecule has 1 N–H and O–H groups in total. The lowest BCUT2D eigenvalue weighted by atomic mass is 10.2. The van der Waals surface area contributed by atoms with E-state index in [9.17, 15) is 13.2 Å². The highest BCUT2D eigenvalue weighted by Gasteiger charge is 2.17. The largest absolute Gasteiger partial charge is 0.348 e. The molecule has 0 heterocycles. The number of nitrogens with zero attached hydrogens (tertiary/aromatic N) is 1. The SMILES string of the molecule is CN(C)S(=O)(=O)c1ccc(C(=O)NCc2ccc(Cl)cc2)cc1. The van der Waals surface area contributed by atoms with E-state index in [-0.39, 0.29) is 10.8 Å². The molecule has 0 saturated carbocycles. The number of nitrogens with one attached hydrogen (secondary N) is 1. The predicted octanol–water partition coefficient (Wildman–Crippen LogP) is 2.52. The molecule has 0 aliphatic carbocycles. The fourth-order valence-electron chi connectivity index (χ4n) is 1.88. The fourth-order valence-corrected chi connectivity index (χ4v) is 2.90. The van der Waals surface area contributed by atoms with Crippen molar-refractivity contribution in [1.82, 2.24) is 9.62 Å². The molecule has 0 bridgehead atoms. The summed E-state index contributed by atoms with van der Waals surface area (Å²) in [5.74, 6) is -0.270. The topological polar surface area (TPSA) is 66.5 Å². The molecule has 23 heavy (non-hydrogen) atoms. The Kier molecular flexibility index (Phi) is 5.41. The van der Waals surface area contributed by atoms with E-state index in [4.69, 9.17) is 11.6 Å². The summed E-state index contributed by atoms with van der Waals surface area (Å²) in [6, 6.07) is 13.0. The van der Waals surface area contributed by atoms with Crippen molar-refractivity contribution in [2.45, 2.75) is 11.4 Å². The second-order valence-corrected chi connectivity index (χ2v) is 7.71. The summed E-state index contributed by atoms with van der Waals surface area (Å²) in [5.41, 5.74) is 1.33. The molecule has 0 unspecified atom stereocenters. The van der Waals surface area contributed by atoms with Gasteiger partial charge in [-0.05, 0) is 42.0 Å². The molecular weight excluding hydrogens is 336 g/mol. The normalized spacial score (nSPS) is 11.5. The zero-order valence-corrected chi connectivity index (χ0v) is 14.4. The van der Waals surface area contributed by atoms with Crippen LogP contribution >= 0.6 is 11.6 Å². The van der Waals surface area contributed by atoms with Crippen molar-refractivity contribution in [2.75, 3.05) is 14.1 Å².